The molecular weight excluding hydrogens is 368 g/mol. The van der Waals surface area contributed by atoms with Crippen molar-refractivity contribution in [1.82, 2.24) is 20.1 Å². The third kappa shape index (κ3) is 5.09. The number of rotatable bonds is 7. The van der Waals surface area contributed by atoms with Gasteiger partial charge in [-0.05, 0) is 49.9 Å². The second-order valence-corrected chi connectivity index (χ2v) is 9.25. The van der Waals surface area contributed by atoms with Crippen molar-refractivity contribution in [2.24, 2.45) is 0 Å². The highest BCUT2D eigenvalue weighted by Crippen LogP contribution is 2.31. The zero-order valence-electron chi connectivity index (χ0n) is 16.6. The summed E-state index contributed by atoms with van der Waals surface area (Å²) < 4.78 is 0. The van der Waals surface area contributed by atoms with E-state index in [1.165, 1.54) is 64.2 Å². The second kappa shape index (κ2) is 9.79. The first kappa shape index (κ1) is 19.8. The van der Waals surface area contributed by atoms with Gasteiger partial charge in [0, 0.05) is 29.9 Å². The zero-order valence-corrected chi connectivity index (χ0v) is 17.5. The average Bonchev–Trinajstić information content (AvgIpc) is 3.22. The van der Waals surface area contributed by atoms with E-state index in [1.807, 2.05) is 12.1 Å². The van der Waals surface area contributed by atoms with Gasteiger partial charge in [-0.2, -0.15) is 0 Å². The molecule has 2 aliphatic rings. The van der Waals surface area contributed by atoms with Gasteiger partial charge in [0.15, 0.2) is 5.82 Å². The lowest BCUT2D eigenvalue weighted by Crippen LogP contribution is -2.46. The van der Waals surface area contributed by atoms with Crippen LogP contribution in [0.25, 0.3) is 11.4 Å². The highest BCUT2D eigenvalue weighted by Gasteiger charge is 2.28. The molecule has 6 heteroatoms. The highest BCUT2D eigenvalue weighted by atomic mass is 32.2. The van der Waals surface area contributed by atoms with E-state index < -0.39 is 0 Å². The van der Waals surface area contributed by atoms with Crippen LogP contribution < -0.4 is 0 Å². The molecule has 2 aromatic rings. The van der Waals surface area contributed by atoms with Crippen LogP contribution in [0.2, 0.25) is 0 Å². The number of hydrogen-bond donors (Lipinski definition) is 2. The monoisotopic (exact) mass is 400 g/mol. The molecule has 0 spiro atoms. The van der Waals surface area contributed by atoms with Gasteiger partial charge in [0.25, 0.3) is 0 Å². The number of aromatic amines is 1. The van der Waals surface area contributed by atoms with Crippen LogP contribution >= 0.6 is 11.8 Å². The van der Waals surface area contributed by atoms with Gasteiger partial charge < -0.3 is 5.11 Å². The molecule has 2 fully saturated rings. The first-order valence-electron chi connectivity index (χ1n) is 10.9. The Balaban J connectivity index is 1.34. The fraction of sp³-hybridized carbons (Fsp3) is 0.636. The van der Waals surface area contributed by atoms with Crippen molar-refractivity contribution in [3.63, 3.8) is 0 Å². The van der Waals surface area contributed by atoms with Crippen molar-refractivity contribution in [2.75, 3.05) is 12.3 Å². The van der Waals surface area contributed by atoms with Gasteiger partial charge in [-0.1, -0.05) is 50.3 Å². The number of nitrogens with zero attached hydrogens (tertiary/aromatic N) is 3. The van der Waals surface area contributed by atoms with E-state index >= 15 is 0 Å². The summed E-state index contributed by atoms with van der Waals surface area (Å²) in [5, 5.41) is 17.7. The van der Waals surface area contributed by atoms with Gasteiger partial charge in [0.2, 0.25) is 5.16 Å². The van der Waals surface area contributed by atoms with Crippen molar-refractivity contribution in [3.05, 3.63) is 24.3 Å². The minimum Gasteiger partial charge on any atom is -0.508 e. The third-order valence-corrected chi connectivity index (χ3v) is 7.10. The van der Waals surface area contributed by atoms with Gasteiger partial charge in [-0.3, -0.25) is 10.00 Å². The Labute approximate surface area is 172 Å². The normalized spacial score (nSPS) is 19.3. The molecule has 0 aliphatic heterocycles. The Morgan fingerprint density at radius 2 is 1.54 bits per heavy atom. The van der Waals surface area contributed by atoms with Crippen molar-refractivity contribution in [2.45, 2.75) is 81.4 Å². The van der Waals surface area contributed by atoms with Gasteiger partial charge in [-0.25, -0.2) is 4.98 Å². The quantitative estimate of drug-likeness (QED) is 0.623. The Morgan fingerprint density at radius 3 is 2.14 bits per heavy atom. The summed E-state index contributed by atoms with van der Waals surface area (Å²) in [7, 11) is 0. The van der Waals surface area contributed by atoms with Crippen LogP contribution in [-0.2, 0) is 0 Å². The van der Waals surface area contributed by atoms with Crippen LogP contribution in [0.5, 0.6) is 5.75 Å². The largest absolute Gasteiger partial charge is 0.508 e. The Kier molecular flexibility index (Phi) is 6.91. The second-order valence-electron chi connectivity index (χ2n) is 8.18. The Bertz CT molecular complexity index is 702. The van der Waals surface area contributed by atoms with Crippen LogP contribution in [0, 0.1) is 0 Å². The van der Waals surface area contributed by atoms with Crippen LogP contribution in [0.1, 0.15) is 64.2 Å². The predicted molar refractivity (Wildman–Crippen MR) is 115 cm³/mol. The molecule has 0 unspecified atom stereocenters. The average molecular weight is 401 g/mol. The molecule has 152 valence electrons. The van der Waals surface area contributed by atoms with Gasteiger partial charge >= 0.3 is 0 Å². The van der Waals surface area contributed by atoms with E-state index in [-0.39, 0.29) is 5.75 Å². The summed E-state index contributed by atoms with van der Waals surface area (Å²) in [5.74, 6) is 2.07. The predicted octanol–water partition coefficient (Wildman–Crippen LogP) is 5.24. The Morgan fingerprint density at radius 1 is 0.929 bits per heavy atom. The molecular formula is C22H32N4OS. The molecule has 0 atom stereocenters. The molecule has 1 heterocycles. The summed E-state index contributed by atoms with van der Waals surface area (Å²) in [6.45, 7) is 1.14. The molecule has 28 heavy (non-hydrogen) atoms. The number of nitrogens with one attached hydrogen (secondary N) is 1. The Hall–Kier alpha value is -1.53. The molecule has 2 aliphatic carbocycles. The number of thioether (sulfide) groups is 1. The number of hydrogen-bond acceptors (Lipinski definition) is 5. The van der Waals surface area contributed by atoms with Crippen molar-refractivity contribution in [3.8, 4) is 17.1 Å². The van der Waals surface area contributed by atoms with Gasteiger partial charge in [-0.15, -0.1) is 5.10 Å². The molecule has 2 N–H and O–H groups in total. The summed E-state index contributed by atoms with van der Waals surface area (Å²) in [4.78, 5) is 7.47. The highest BCUT2D eigenvalue weighted by molar-refractivity contribution is 7.99. The van der Waals surface area contributed by atoms with E-state index in [0.29, 0.717) is 0 Å². The number of phenols is 1. The van der Waals surface area contributed by atoms with Crippen molar-refractivity contribution < 1.29 is 5.11 Å². The van der Waals surface area contributed by atoms with E-state index in [0.717, 1.165) is 40.9 Å². The van der Waals surface area contributed by atoms with E-state index in [9.17, 15) is 5.11 Å². The summed E-state index contributed by atoms with van der Waals surface area (Å²) in [6.07, 6.45) is 14.0. The maximum atomic E-state index is 9.44. The van der Waals surface area contributed by atoms with Crippen molar-refractivity contribution >= 4 is 11.8 Å². The van der Waals surface area contributed by atoms with E-state index in [1.54, 1.807) is 23.9 Å². The van der Waals surface area contributed by atoms with Crippen LogP contribution in [0.15, 0.2) is 29.4 Å². The number of H-pyrrole nitrogens is 1. The lowest BCUT2D eigenvalue weighted by molar-refractivity contribution is 0.0881. The maximum absolute atomic E-state index is 9.44. The molecule has 0 radical (unpaired) electrons. The third-order valence-electron chi connectivity index (χ3n) is 6.27. The SMILES string of the molecule is Oc1ccc(-c2nc(SCCN(C3CCCCC3)C3CCCCC3)n[nH]2)cc1. The molecule has 2 saturated carbocycles. The molecule has 1 aromatic heterocycles. The van der Waals surface area contributed by atoms with Gasteiger partial charge in [0.05, 0.1) is 0 Å². The summed E-state index contributed by atoms with van der Waals surface area (Å²) in [5.41, 5.74) is 0.947. The summed E-state index contributed by atoms with van der Waals surface area (Å²) >= 11 is 1.75. The fourth-order valence-electron chi connectivity index (χ4n) is 4.79. The first-order valence-corrected chi connectivity index (χ1v) is 11.9. The molecule has 4 rings (SSSR count). The standard InChI is InChI=1S/C22H32N4OS/c27-20-13-11-17(12-14-20)21-23-22(25-24-21)28-16-15-26(18-7-3-1-4-8-18)19-9-5-2-6-10-19/h11-14,18-19,27H,1-10,15-16H2,(H,23,24,25). The van der Waals surface area contributed by atoms with E-state index in [4.69, 9.17) is 0 Å². The number of phenolic OH excluding ortho intramolecular Hbond substituents is 1. The lowest BCUT2D eigenvalue weighted by Gasteiger charge is -2.41. The zero-order chi connectivity index (χ0) is 19.2. The molecule has 5 nitrogen and oxygen atoms in total. The smallest absolute Gasteiger partial charge is 0.208 e. The molecule has 0 bridgehead atoms. The number of benzene rings is 1. The molecule has 0 saturated heterocycles. The maximum Gasteiger partial charge on any atom is 0.208 e. The van der Waals surface area contributed by atoms with Crippen LogP contribution in [0.4, 0.5) is 0 Å². The molecule has 1 aromatic carbocycles. The minimum atomic E-state index is 0.267. The summed E-state index contributed by atoms with van der Waals surface area (Å²) in [6, 6.07) is 8.65. The van der Waals surface area contributed by atoms with E-state index in [2.05, 4.69) is 20.1 Å². The van der Waals surface area contributed by atoms with Crippen LogP contribution in [-0.4, -0.2) is 49.6 Å². The number of aromatic nitrogens is 3. The fourth-order valence-corrected chi connectivity index (χ4v) is 5.54. The first-order chi connectivity index (χ1) is 13.8. The van der Waals surface area contributed by atoms with Crippen molar-refractivity contribution in [1.29, 1.82) is 0 Å². The number of aromatic hydroxyl groups is 1. The van der Waals surface area contributed by atoms with Gasteiger partial charge in [0.1, 0.15) is 5.75 Å². The lowest BCUT2D eigenvalue weighted by atomic mass is 9.89. The molecule has 0 amide bonds. The van der Waals surface area contributed by atoms with Crippen LogP contribution in [0.3, 0.4) is 0 Å². The minimum absolute atomic E-state index is 0.267. The topological polar surface area (TPSA) is 65.0 Å².